The van der Waals surface area contributed by atoms with Crippen LogP contribution in [0.3, 0.4) is 0 Å². The van der Waals surface area contributed by atoms with Crippen molar-refractivity contribution in [3.05, 3.63) is 18.2 Å². The zero-order chi connectivity index (χ0) is 14.8. The van der Waals surface area contributed by atoms with Crippen LogP contribution in [0.2, 0.25) is 0 Å². The SMILES string of the molecule is C[C@H](OCC(F)(F)F)C(=O)N[C@@H]1CCc2nccn2C1. The fourth-order valence-corrected chi connectivity index (χ4v) is 2.10. The number of hydrogen-bond donors (Lipinski definition) is 1. The van der Waals surface area contributed by atoms with Crippen molar-refractivity contribution in [2.24, 2.45) is 0 Å². The number of amides is 1. The number of nitrogens with one attached hydrogen (secondary N) is 1. The highest BCUT2D eigenvalue weighted by molar-refractivity contribution is 5.80. The summed E-state index contributed by atoms with van der Waals surface area (Å²) >= 11 is 0. The molecule has 0 bridgehead atoms. The predicted molar refractivity (Wildman–Crippen MR) is 63.9 cm³/mol. The van der Waals surface area contributed by atoms with Crippen LogP contribution in [0.4, 0.5) is 13.2 Å². The third kappa shape index (κ3) is 3.96. The number of carbonyl (C=O) groups is 1. The van der Waals surface area contributed by atoms with Gasteiger partial charge in [0.1, 0.15) is 18.5 Å². The number of aromatic nitrogens is 2. The van der Waals surface area contributed by atoms with Crippen LogP contribution in [0.15, 0.2) is 12.4 Å². The molecule has 0 radical (unpaired) electrons. The minimum Gasteiger partial charge on any atom is -0.359 e. The van der Waals surface area contributed by atoms with Crippen molar-refractivity contribution >= 4 is 5.91 Å². The van der Waals surface area contributed by atoms with E-state index in [0.717, 1.165) is 18.7 Å². The van der Waals surface area contributed by atoms with Gasteiger partial charge in [0.2, 0.25) is 5.91 Å². The van der Waals surface area contributed by atoms with E-state index in [9.17, 15) is 18.0 Å². The molecule has 1 aromatic heterocycles. The quantitative estimate of drug-likeness (QED) is 0.909. The van der Waals surface area contributed by atoms with Crippen molar-refractivity contribution in [1.29, 1.82) is 0 Å². The number of fused-ring (bicyclic) bond motifs is 1. The molecule has 2 heterocycles. The summed E-state index contributed by atoms with van der Waals surface area (Å²) in [6.07, 6.45) is -0.595. The van der Waals surface area contributed by atoms with Gasteiger partial charge in [-0.3, -0.25) is 4.79 Å². The van der Waals surface area contributed by atoms with Crippen molar-refractivity contribution in [2.45, 2.75) is 44.6 Å². The van der Waals surface area contributed by atoms with E-state index >= 15 is 0 Å². The summed E-state index contributed by atoms with van der Waals surface area (Å²) in [6.45, 7) is 0.470. The lowest BCUT2D eigenvalue weighted by Crippen LogP contribution is -2.45. The third-order valence-electron chi connectivity index (χ3n) is 3.15. The average molecular weight is 291 g/mol. The van der Waals surface area contributed by atoms with Crippen LogP contribution in [0.5, 0.6) is 0 Å². The summed E-state index contributed by atoms with van der Waals surface area (Å²) < 4.78 is 42.4. The van der Waals surface area contributed by atoms with E-state index < -0.39 is 24.8 Å². The van der Waals surface area contributed by atoms with Crippen LogP contribution in [0.25, 0.3) is 0 Å². The fraction of sp³-hybridized carbons (Fsp3) is 0.667. The number of hydrogen-bond acceptors (Lipinski definition) is 3. The fourth-order valence-electron chi connectivity index (χ4n) is 2.10. The molecule has 8 heteroatoms. The summed E-state index contributed by atoms with van der Waals surface area (Å²) in [6, 6.07) is -0.110. The molecular formula is C12H16F3N3O2. The highest BCUT2D eigenvalue weighted by Crippen LogP contribution is 2.16. The molecule has 1 amide bonds. The summed E-state index contributed by atoms with van der Waals surface area (Å²) in [5.41, 5.74) is 0. The molecule has 2 rings (SSSR count). The first kappa shape index (κ1) is 14.8. The number of nitrogens with zero attached hydrogens (tertiary/aromatic N) is 2. The standard InChI is InChI=1S/C12H16F3N3O2/c1-8(20-7-12(13,14)15)11(19)17-9-2-3-10-16-4-5-18(10)6-9/h4-5,8-9H,2-3,6-7H2,1H3,(H,17,19)/t8-,9+/m0/s1. The highest BCUT2D eigenvalue weighted by atomic mass is 19.4. The van der Waals surface area contributed by atoms with Gasteiger partial charge in [-0.15, -0.1) is 0 Å². The van der Waals surface area contributed by atoms with Crippen molar-refractivity contribution < 1.29 is 22.7 Å². The molecule has 0 fully saturated rings. The van der Waals surface area contributed by atoms with Crippen molar-refractivity contribution in [1.82, 2.24) is 14.9 Å². The van der Waals surface area contributed by atoms with E-state index in [1.165, 1.54) is 6.92 Å². The Morgan fingerprint density at radius 3 is 3.10 bits per heavy atom. The Bertz CT molecular complexity index is 473. The number of alkyl halides is 3. The summed E-state index contributed by atoms with van der Waals surface area (Å²) in [5, 5.41) is 2.71. The lowest BCUT2D eigenvalue weighted by Gasteiger charge is -2.26. The van der Waals surface area contributed by atoms with Crippen LogP contribution in [-0.2, 0) is 22.5 Å². The second-order valence-corrected chi connectivity index (χ2v) is 4.81. The molecule has 0 saturated carbocycles. The van der Waals surface area contributed by atoms with Crippen LogP contribution in [0, 0.1) is 0 Å². The molecule has 0 unspecified atom stereocenters. The van der Waals surface area contributed by atoms with Gasteiger partial charge in [-0.2, -0.15) is 13.2 Å². The van der Waals surface area contributed by atoms with Gasteiger partial charge in [-0.25, -0.2) is 4.98 Å². The van der Waals surface area contributed by atoms with Gasteiger partial charge < -0.3 is 14.6 Å². The molecule has 0 aliphatic carbocycles. The minimum atomic E-state index is -4.43. The Balaban J connectivity index is 1.80. The molecular weight excluding hydrogens is 275 g/mol. The van der Waals surface area contributed by atoms with Crippen molar-refractivity contribution in [3.63, 3.8) is 0 Å². The summed E-state index contributed by atoms with van der Waals surface area (Å²) in [5.74, 6) is 0.430. The van der Waals surface area contributed by atoms with E-state index in [4.69, 9.17) is 0 Å². The van der Waals surface area contributed by atoms with E-state index in [2.05, 4.69) is 15.0 Å². The van der Waals surface area contributed by atoms with Crippen molar-refractivity contribution in [2.75, 3.05) is 6.61 Å². The van der Waals surface area contributed by atoms with Crippen LogP contribution < -0.4 is 5.32 Å². The molecule has 1 aromatic rings. The minimum absolute atomic E-state index is 0.110. The Morgan fingerprint density at radius 1 is 1.65 bits per heavy atom. The molecule has 1 aliphatic heterocycles. The molecule has 5 nitrogen and oxygen atoms in total. The molecule has 20 heavy (non-hydrogen) atoms. The summed E-state index contributed by atoms with van der Waals surface area (Å²) in [7, 11) is 0. The topological polar surface area (TPSA) is 56.1 Å². The van der Waals surface area contributed by atoms with Gasteiger partial charge in [0, 0.05) is 31.4 Å². The largest absolute Gasteiger partial charge is 0.411 e. The number of aryl methyl sites for hydroxylation is 1. The molecule has 112 valence electrons. The Hall–Kier alpha value is -1.57. The Kier molecular flexibility index (Phi) is 4.32. The predicted octanol–water partition coefficient (Wildman–Crippen LogP) is 1.28. The van der Waals surface area contributed by atoms with Crippen molar-refractivity contribution in [3.8, 4) is 0 Å². The van der Waals surface area contributed by atoms with Gasteiger partial charge in [-0.05, 0) is 13.3 Å². The Labute approximate surface area is 114 Å². The number of ether oxygens (including phenoxy) is 1. The third-order valence-corrected chi connectivity index (χ3v) is 3.15. The van der Waals surface area contributed by atoms with E-state index in [1.54, 1.807) is 6.20 Å². The van der Waals surface area contributed by atoms with Gasteiger partial charge in [-0.1, -0.05) is 0 Å². The number of rotatable bonds is 4. The van der Waals surface area contributed by atoms with Gasteiger partial charge in [0.25, 0.3) is 0 Å². The second-order valence-electron chi connectivity index (χ2n) is 4.81. The van der Waals surface area contributed by atoms with Crippen LogP contribution in [0.1, 0.15) is 19.2 Å². The number of halogens is 3. The van der Waals surface area contributed by atoms with E-state index in [-0.39, 0.29) is 6.04 Å². The maximum absolute atomic E-state index is 12.0. The molecule has 2 atom stereocenters. The smallest absolute Gasteiger partial charge is 0.359 e. The Morgan fingerprint density at radius 2 is 2.40 bits per heavy atom. The normalized spacial score (nSPS) is 20.3. The first-order valence-electron chi connectivity index (χ1n) is 6.34. The van der Waals surface area contributed by atoms with Gasteiger partial charge >= 0.3 is 6.18 Å². The first-order valence-corrected chi connectivity index (χ1v) is 6.34. The van der Waals surface area contributed by atoms with E-state index in [0.29, 0.717) is 6.54 Å². The molecule has 0 saturated heterocycles. The second kappa shape index (κ2) is 5.82. The molecule has 1 aliphatic rings. The number of imidazole rings is 1. The highest BCUT2D eigenvalue weighted by Gasteiger charge is 2.30. The lowest BCUT2D eigenvalue weighted by atomic mass is 10.1. The van der Waals surface area contributed by atoms with Gasteiger partial charge in [0.15, 0.2) is 0 Å². The molecule has 0 spiro atoms. The summed E-state index contributed by atoms with van der Waals surface area (Å²) in [4.78, 5) is 15.9. The van der Waals surface area contributed by atoms with Crippen LogP contribution in [-0.4, -0.2) is 40.4 Å². The molecule has 0 aromatic carbocycles. The van der Waals surface area contributed by atoms with E-state index in [1.807, 2.05) is 10.8 Å². The lowest BCUT2D eigenvalue weighted by molar-refractivity contribution is -0.185. The molecule has 1 N–H and O–H groups in total. The van der Waals surface area contributed by atoms with Gasteiger partial charge in [0.05, 0.1) is 0 Å². The first-order chi connectivity index (χ1) is 9.35. The zero-order valence-electron chi connectivity index (χ0n) is 11.0. The maximum atomic E-state index is 12.0. The van der Waals surface area contributed by atoms with Crippen LogP contribution >= 0.6 is 0 Å². The average Bonchev–Trinajstić information content (AvgIpc) is 2.82. The monoisotopic (exact) mass is 291 g/mol. The number of carbonyl (C=O) groups excluding carboxylic acids is 1. The zero-order valence-corrected chi connectivity index (χ0v) is 11.0. The maximum Gasteiger partial charge on any atom is 0.411 e.